The maximum absolute atomic E-state index is 12.2. The Morgan fingerprint density at radius 2 is 1.79 bits per heavy atom. The van der Waals surface area contributed by atoms with E-state index in [2.05, 4.69) is 55.3 Å². The SMILES string of the molecule is CCN(CC)c1cc(C)nc(Nc2ccc(NC(=O)c3cc(Br)cs3)cc2)n1. The maximum atomic E-state index is 12.2. The van der Waals surface area contributed by atoms with Crippen molar-refractivity contribution < 1.29 is 4.79 Å². The molecule has 6 nitrogen and oxygen atoms in total. The van der Waals surface area contributed by atoms with Crippen LogP contribution in [0.4, 0.5) is 23.1 Å². The summed E-state index contributed by atoms with van der Waals surface area (Å²) in [6.45, 7) is 7.95. The number of amides is 1. The first-order valence-electron chi connectivity index (χ1n) is 9.01. The molecule has 146 valence electrons. The van der Waals surface area contributed by atoms with E-state index in [0.29, 0.717) is 10.8 Å². The van der Waals surface area contributed by atoms with Crippen molar-refractivity contribution in [2.75, 3.05) is 28.6 Å². The number of hydrogen-bond donors (Lipinski definition) is 2. The highest BCUT2D eigenvalue weighted by Gasteiger charge is 2.10. The molecule has 28 heavy (non-hydrogen) atoms. The van der Waals surface area contributed by atoms with Crippen LogP contribution in [0.5, 0.6) is 0 Å². The number of hydrogen-bond acceptors (Lipinski definition) is 6. The Morgan fingerprint density at radius 1 is 1.11 bits per heavy atom. The molecule has 2 heterocycles. The van der Waals surface area contributed by atoms with Gasteiger partial charge in [-0.3, -0.25) is 4.79 Å². The molecule has 0 unspecified atom stereocenters. The lowest BCUT2D eigenvalue weighted by Gasteiger charge is -2.20. The fourth-order valence-electron chi connectivity index (χ4n) is 2.71. The number of carbonyl (C=O) groups is 1. The minimum Gasteiger partial charge on any atom is -0.357 e. The maximum Gasteiger partial charge on any atom is 0.265 e. The fraction of sp³-hybridized carbons (Fsp3) is 0.250. The molecule has 3 aromatic rings. The minimum absolute atomic E-state index is 0.123. The smallest absolute Gasteiger partial charge is 0.265 e. The van der Waals surface area contributed by atoms with Gasteiger partial charge < -0.3 is 15.5 Å². The summed E-state index contributed by atoms with van der Waals surface area (Å²) < 4.78 is 0.907. The second-order valence-corrected chi connectivity index (χ2v) is 7.98. The quantitative estimate of drug-likeness (QED) is 0.491. The highest BCUT2D eigenvalue weighted by atomic mass is 79.9. The van der Waals surface area contributed by atoms with E-state index >= 15 is 0 Å². The van der Waals surface area contributed by atoms with Crippen LogP contribution in [0.15, 0.2) is 46.3 Å². The molecule has 2 aromatic heterocycles. The molecule has 0 saturated heterocycles. The molecule has 0 atom stereocenters. The van der Waals surface area contributed by atoms with Gasteiger partial charge in [0.2, 0.25) is 5.95 Å². The Hall–Kier alpha value is -2.45. The van der Waals surface area contributed by atoms with Crippen LogP contribution in [-0.2, 0) is 0 Å². The van der Waals surface area contributed by atoms with Crippen LogP contribution < -0.4 is 15.5 Å². The number of thiophene rings is 1. The lowest BCUT2D eigenvalue weighted by molar-refractivity contribution is 0.103. The molecule has 1 aromatic carbocycles. The van der Waals surface area contributed by atoms with Crippen LogP contribution in [0.3, 0.4) is 0 Å². The largest absolute Gasteiger partial charge is 0.357 e. The van der Waals surface area contributed by atoms with E-state index in [4.69, 9.17) is 0 Å². The van der Waals surface area contributed by atoms with Crippen LogP contribution in [0.2, 0.25) is 0 Å². The average Bonchev–Trinajstić information content (AvgIpc) is 3.10. The first kappa shape index (κ1) is 20.3. The summed E-state index contributed by atoms with van der Waals surface area (Å²) in [4.78, 5) is 24.2. The molecule has 0 bridgehead atoms. The monoisotopic (exact) mass is 459 g/mol. The van der Waals surface area contributed by atoms with Crippen molar-refractivity contribution >= 4 is 56.3 Å². The van der Waals surface area contributed by atoms with Crippen molar-refractivity contribution in [3.8, 4) is 0 Å². The molecule has 0 aliphatic heterocycles. The van der Waals surface area contributed by atoms with E-state index in [1.54, 1.807) is 6.07 Å². The van der Waals surface area contributed by atoms with Crippen LogP contribution >= 0.6 is 27.3 Å². The second-order valence-electron chi connectivity index (χ2n) is 6.15. The number of halogens is 1. The van der Waals surface area contributed by atoms with Crippen molar-refractivity contribution in [1.82, 2.24) is 9.97 Å². The van der Waals surface area contributed by atoms with Gasteiger partial charge in [0.05, 0.1) is 4.88 Å². The zero-order valence-corrected chi connectivity index (χ0v) is 18.4. The molecule has 1 amide bonds. The Balaban J connectivity index is 1.69. The third-order valence-electron chi connectivity index (χ3n) is 4.12. The van der Waals surface area contributed by atoms with E-state index < -0.39 is 0 Å². The zero-order chi connectivity index (χ0) is 20.1. The second kappa shape index (κ2) is 9.16. The number of carbonyl (C=O) groups excluding carboxylic acids is 1. The van der Waals surface area contributed by atoms with Crippen molar-refractivity contribution in [2.24, 2.45) is 0 Å². The predicted molar refractivity (Wildman–Crippen MR) is 120 cm³/mol. The van der Waals surface area contributed by atoms with E-state index in [1.807, 2.05) is 42.6 Å². The Kier molecular flexibility index (Phi) is 6.64. The fourth-order valence-corrected chi connectivity index (χ4v) is 4.03. The van der Waals surface area contributed by atoms with E-state index in [-0.39, 0.29) is 5.91 Å². The number of aromatic nitrogens is 2. The summed E-state index contributed by atoms with van der Waals surface area (Å²) in [6, 6.07) is 11.3. The Bertz CT molecular complexity index is 953. The van der Waals surface area contributed by atoms with Crippen molar-refractivity contribution in [3.63, 3.8) is 0 Å². The van der Waals surface area contributed by atoms with E-state index in [0.717, 1.165) is 40.4 Å². The van der Waals surface area contributed by atoms with Crippen LogP contribution in [0.25, 0.3) is 0 Å². The number of anilines is 4. The van der Waals surface area contributed by atoms with E-state index in [1.165, 1.54) is 11.3 Å². The number of nitrogens with one attached hydrogen (secondary N) is 2. The third kappa shape index (κ3) is 5.08. The predicted octanol–water partition coefficient (Wildman–Crippen LogP) is 5.45. The van der Waals surface area contributed by atoms with Crippen LogP contribution in [0.1, 0.15) is 29.2 Å². The molecule has 0 aliphatic carbocycles. The molecule has 0 aliphatic rings. The van der Waals surface area contributed by atoms with Gasteiger partial charge in [0, 0.05) is 46.1 Å². The summed E-state index contributed by atoms with van der Waals surface area (Å²) in [6.07, 6.45) is 0. The number of benzene rings is 1. The summed E-state index contributed by atoms with van der Waals surface area (Å²) >= 11 is 4.76. The molecular weight excluding hydrogens is 438 g/mol. The first-order valence-corrected chi connectivity index (χ1v) is 10.7. The summed E-state index contributed by atoms with van der Waals surface area (Å²) in [5.74, 6) is 1.34. The van der Waals surface area contributed by atoms with Crippen LogP contribution in [0, 0.1) is 6.92 Å². The average molecular weight is 460 g/mol. The van der Waals surface area contributed by atoms with Gasteiger partial charge in [0.25, 0.3) is 5.91 Å². The summed E-state index contributed by atoms with van der Waals surface area (Å²) in [7, 11) is 0. The van der Waals surface area contributed by atoms with Gasteiger partial charge >= 0.3 is 0 Å². The normalized spacial score (nSPS) is 10.6. The molecule has 0 saturated carbocycles. The molecule has 0 radical (unpaired) electrons. The molecule has 8 heteroatoms. The molecule has 2 N–H and O–H groups in total. The van der Waals surface area contributed by atoms with Gasteiger partial charge in [-0.05, 0) is 67.0 Å². The number of aryl methyl sites for hydroxylation is 1. The lowest BCUT2D eigenvalue weighted by Crippen LogP contribution is -2.23. The van der Waals surface area contributed by atoms with E-state index in [9.17, 15) is 4.79 Å². The topological polar surface area (TPSA) is 70.2 Å². The Labute approximate surface area is 177 Å². The van der Waals surface area contributed by atoms with Crippen molar-refractivity contribution in [3.05, 3.63) is 56.8 Å². The van der Waals surface area contributed by atoms with Gasteiger partial charge in [-0.1, -0.05) is 0 Å². The van der Waals surface area contributed by atoms with Gasteiger partial charge in [-0.15, -0.1) is 11.3 Å². The number of rotatable bonds is 7. The highest BCUT2D eigenvalue weighted by molar-refractivity contribution is 9.10. The summed E-state index contributed by atoms with van der Waals surface area (Å²) in [5.41, 5.74) is 2.49. The highest BCUT2D eigenvalue weighted by Crippen LogP contribution is 2.23. The zero-order valence-electron chi connectivity index (χ0n) is 16.0. The minimum atomic E-state index is -0.123. The summed E-state index contributed by atoms with van der Waals surface area (Å²) in [5, 5.41) is 8.02. The van der Waals surface area contributed by atoms with Crippen molar-refractivity contribution in [1.29, 1.82) is 0 Å². The third-order valence-corrected chi connectivity index (χ3v) is 5.81. The van der Waals surface area contributed by atoms with Gasteiger partial charge in [0.1, 0.15) is 5.82 Å². The lowest BCUT2D eigenvalue weighted by atomic mass is 10.2. The van der Waals surface area contributed by atoms with Gasteiger partial charge in [-0.2, -0.15) is 4.98 Å². The molecule has 0 spiro atoms. The molecule has 3 rings (SSSR count). The Morgan fingerprint density at radius 3 is 2.39 bits per heavy atom. The molecule has 0 fully saturated rings. The van der Waals surface area contributed by atoms with Crippen molar-refractivity contribution in [2.45, 2.75) is 20.8 Å². The van der Waals surface area contributed by atoms with Crippen LogP contribution in [-0.4, -0.2) is 29.0 Å². The standard InChI is InChI=1S/C20H22BrN5OS/c1-4-26(5-2)18-10-13(3)22-20(25-18)24-16-8-6-15(7-9-16)23-19(27)17-11-14(21)12-28-17/h6-12H,4-5H2,1-3H3,(H,23,27)(H,22,24,25). The van der Waals surface area contributed by atoms with Gasteiger partial charge in [-0.25, -0.2) is 4.98 Å². The first-order chi connectivity index (χ1) is 13.5. The number of nitrogens with zero attached hydrogens (tertiary/aromatic N) is 3. The van der Waals surface area contributed by atoms with Gasteiger partial charge in [0.15, 0.2) is 0 Å². The molecular formula is C20H22BrN5OS.